The Morgan fingerprint density at radius 2 is 0.500 bits per heavy atom. The average Bonchev–Trinajstić information content (AvgIpc) is 1.96. The van der Waals surface area contributed by atoms with Crippen LogP contribution in [-0.4, -0.2) is 59.9 Å². The Labute approximate surface area is 151 Å². The molecule has 0 unspecified atom stereocenters. The van der Waals surface area contributed by atoms with Gasteiger partial charge in [0.25, 0.3) is 0 Å². The third-order valence-electron chi connectivity index (χ3n) is 1.50. The molecule has 0 aliphatic rings. The van der Waals surface area contributed by atoms with E-state index < -0.39 is 7.59 Å². The third-order valence-corrected chi connectivity index (χ3v) is 13.5. The number of hydrogen-bond donors (Lipinski definition) is 0. The molecule has 0 rings (SSSR count). The normalized spacial score (nSPS) is 9.90. The van der Waals surface area contributed by atoms with Crippen molar-refractivity contribution in [3.8, 4) is 0 Å². The van der Waals surface area contributed by atoms with Gasteiger partial charge < -0.3 is 0 Å². The molecule has 0 aromatic carbocycles. The predicted molar refractivity (Wildman–Crippen MR) is 117 cm³/mol. The summed E-state index contributed by atoms with van der Waals surface area (Å²) >= 11 is 0. The van der Waals surface area contributed by atoms with E-state index in [0.717, 1.165) is 0 Å². The van der Waals surface area contributed by atoms with Gasteiger partial charge in [0.2, 0.25) is 0 Å². The van der Waals surface area contributed by atoms with Crippen molar-refractivity contribution in [2.45, 2.75) is 91.7 Å². The van der Waals surface area contributed by atoms with E-state index in [4.69, 9.17) is 0 Å². The van der Waals surface area contributed by atoms with Crippen LogP contribution in [0.25, 0.3) is 0 Å². The zero-order valence-electron chi connectivity index (χ0n) is 17.0. The fourth-order valence-electron chi connectivity index (χ4n) is 0. The van der Waals surface area contributed by atoms with Crippen molar-refractivity contribution in [2.24, 2.45) is 0 Å². The van der Waals surface area contributed by atoms with Gasteiger partial charge in [-0.3, -0.25) is 0 Å². The molecule has 0 aromatic heterocycles. The van der Waals surface area contributed by atoms with Gasteiger partial charge in [0.15, 0.2) is 0 Å². The summed E-state index contributed by atoms with van der Waals surface area (Å²) in [6.07, 6.45) is 0. The van der Waals surface area contributed by atoms with E-state index in [0.29, 0.717) is 0 Å². The molecular formula is C14H42GeSi5. The molecule has 0 saturated heterocycles. The largest absolute Gasteiger partial charge is 0.0733 e. The summed E-state index contributed by atoms with van der Waals surface area (Å²) in [5, 5.41) is 0. The number of hydrogen-bond acceptors (Lipinski definition) is 0. The van der Waals surface area contributed by atoms with Crippen LogP contribution in [0.4, 0.5) is 0 Å². The summed E-state index contributed by atoms with van der Waals surface area (Å²) in [7, 11) is -0.183. The first-order valence-corrected chi connectivity index (χ1v) is 23.2. The van der Waals surface area contributed by atoms with E-state index in [2.05, 4.69) is 91.7 Å². The number of rotatable bonds is 1. The van der Waals surface area contributed by atoms with Crippen molar-refractivity contribution < 1.29 is 0 Å². The molecule has 6 heteroatoms. The molecule has 0 fully saturated rings. The van der Waals surface area contributed by atoms with E-state index in [1.807, 2.05) is 0 Å². The summed E-state index contributed by atoms with van der Waals surface area (Å²) in [5.74, 6) is 0. The minimum atomic E-state index is -0.633. The van der Waals surface area contributed by atoms with Crippen LogP contribution >= 0.6 is 0 Å². The van der Waals surface area contributed by atoms with Gasteiger partial charge in [-0.1, -0.05) is 91.7 Å². The molecule has 0 aliphatic heterocycles. The molecule has 0 nitrogen and oxygen atoms in total. The fraction of sp³-hybridized carbons (Fsp3) is 1.00. The molecular weight excluding hydrogens is 381 g/mol. The van der Waals surface area contributed by atoms with E-state index in [1.165, 1.54) is 0 Å². The zero-order valence-corrected chi connectivity index (χ0v) is 24.1. The monoisotopic (exact) mass is 424 g/mol. The van der Waals surface area contributed by atoms with Gasteiger partial charge in [-0.15, -0.1) is 0 Å². The van der Waals surface area contributed by atoms with Gasteiger partial charge in [0, 0.05) is 59.9 Å². The van der Waals surface area contributed by atoms with E-state index in [9.17, 15) is 0 Å². The van der Waals surface area contributed by atoms with Crippen LogP contribution in [0.15, 0.2) is 0 Å². The minimum Gasteiger partial charge on any atom is -0.0733 e. The fourth-order valence-corrected chi connectivity index (χ4v) is 0. The smallest absolute Gasteiger partial charge is 0.0379 e. The molecule has 0 saturated carbocycles. The Bertz CT molecular complexity index is 132. The first-order chi connectivity index (χ1) is 8.14. The summed E-state index contributed by atoms with van der Waals surface area (Å²) < 4.78 is 0. The molecule has 0 bridgehead atoms. The van der Waals surface area contributed by atoms with Crippen molar-refractivity contribution in [1.82, 2.24) is 0 Å². The van der Waals surface area contributed by atoms with Crippen LogP contribution < -0.4 is 0 Å². The molecule has 8 radical (unpaired) electrons. The Kier molecular flexibility index (Phi) is 34.3. The van der Waals surface area contributed by atoms with E-state index >= 15 is 0 Å². The maximum Gasteiger partial charge on any atom is 0.0379 e. The van der Waals surface area contributed by atoms with Crippen molar-refractivity contribution >= 4 is 59.9 Å². The first kappa shape index (κ1) is 33.3. The van der Waals surface area contributed by atoms with Crippen molar-refractivity contribution in [3.05, 3.63) is 0 Å². The quantitative estimate of drug-likeness (QED) is 0.462. The van der Waals surface area contributed by atoms with Crippen LogP contribution in [0.1, 0.15) is 0 Å². The SMILES string of the molecule is C[Si](C)C.C[Si](C)C.C[Si](C)C.C[Si](C)[Si](C)(C)C.[Ge]. The van der Waals surface area contributed by atoms with Gasteiger partial charge >= 0.3 is 0 Å². The molecule has 0 aliphatic carbocycles. The van der Waals surface area contributed by atoms with Gasteiger partial charge in [-0.2, -0.15) is 0 Å². The van der Waals surface area contributed by atoms with Crippen LogP contribution in [0.2, 0.25) is 91.7 Å². The average molecular weight is 424 g/mol. The summed E-state index contributed by atoms with van der Waals surface area (Å²) in [5.41, 5.74) is 0. The van der Waals surface area contributed by atoms with E-state index in [-0.39, 0.29) is 52.3 Å². The topological polar surface area (TPSA) is 0 Å². The second-order valence-corrected chi connectivity index (χ2v) is 30.8. The summed E-state index contributed by atoms with van der Waals surface area (Å²) in [6, 6.07) is 0. The van der Waals surface area contributed by atoms with Crippen LogP contribution in [0, 0.1) is 0 Å². The standard InChI is InChI=1S/C5H15Si2.3C3H9Si.Ge/c1-6(2)7(3,4)5;3*1-4(2)3;/h1-5H3;3*1-3H3;. The maximum absolute atomic E-state index is 2.45. The first-order valence-electron chi connectivity index (χ1n) is 7.25. The van der Waals surface area contributed by atoms with Gasteiger partial charge in [-0.25, -0.2) is 0 Å². The van der Waals surface area contributed by atoms with Crippen molar-refractivity contribution in [2.75, 3.05) is 0 Å². The molecule has 0 aromatic rings. The van der Waals surface area contributed by atoms with Gasteiger partial charge in [-0.05, 0) is 0 Å². The Morgan fingerprint density at radius 3 is 0.500 bits per heavy atom. The Balaban J connectivity index is -0.0000000512. The Hall–Kier alpha value is 1.63. The molecule has 20 heavy (non-hydrogen) atoms. The van der Waals surface area contributed by atoms with Crippen LogP contribution in [0.5, 0.6) is 0 Å². The van der Waals surface area contributed by atoms with Crippen LogP contribution in [0.3, 0.4) is 0 Å². The molecule has 0 heterocycles. The summed E-state index contributed by atoms with van der Waals surface area (Å²) in [6.45, 7) is 32.6. The van der Waals surface area contributed by atoms with Crippen molar-refractivity contribution in [3.63, 3.8) is 0 Å². The second-order valence-electron chi connectivity index (χ2n) is 7.75. The molecule has 0 N–H and O–H groups in total. The van der Waals surface area contributed by atoms with Gasteiger partial charge in [0.1, 0.15) is 0 Å². The van der Waals surface area contributed by atoms with E-state index in [1.54, 1.807) is 0 Å². The molecule has 0 amide bonds. The maximum atomic E-state index is 2.45. The Morgan fingerprint density at radius 1 is 0.450 bits per heavy atom. The third kappa shape index (κ3) is 117. The molecule has 0 spiro atoms. The minimum absolute atomic E-state index is 0. The molecule has 122 valence electrons. The second kappa shape index (κ2) is 20.6. The van der Waals surface area contributed by atoms with Gasteiger partial charge in [0.05, 0.1) is 0 Å². The van der Waals surface area contributed by atoms with Crippen LogP contribution in [-0.2, 0) is 0 Å². The zero-order chi connectivity index (χ0) is 16.8. The predicted octanol–water partition coefficient (Wildman–Crippen LogP) is 5.89. The van der Waals surface area contributed by atoms with Crippen molar-refractivity contribution in [1.29, 1.82) is 0 Å². The molecule has 0 atom stereocenters. The summed E-state index contributed by atoms with van der Waals surface area (Å²) in [4.78, 5) is 0.